The molecule has 0 aromatic heterocycles. The minimum absolute atomic E-state index is 0.285. The van der Waals surface area contributed by atoms with Gasteiger partial charge in [0.1, 0.15) is 5.60 Å². The first-order valence-corrected chi connectivity index (χ1v) is 11.1. The normalized spacial score (nSPS) is 20.1. The summed E-state index contributed by atoms with van der Waals surface area (Å²) in [6.07, 6.45) is -1.39. The second-order valence-corrected chi connectivity index (χ2v) is 9.16. The van der Waals surface area contributed by atoms with Crippen molar-refractivity contribution < 1.29 is 23.1 Å². The average molecular weight is 490 g/mol. The van der Waals surface area contributed by atoms with Gasteiger partial charge in [-0.15, -0.1) is 0 Å². The number of alkyl carbamates (subject to hydrolysis) is 1. The van der Waals surface area contributed by atoms with Crippen molar-refractivity contribution in [2.24, 2.45) is 0 Å². The van der Waals surface area contributed by atoms with E-state index in [2.05, 4.69) is 31.5 Å². The molecule has 2 amide bonds. The number of nitrogens with zero attached hydrogens (tertiary/aromatic N) is 1. The Bertz CT molecular complexity index is 713. The van der Waals surface area contributed by atoms with Gasteiger partial charge < -0.3 is 15.4 Å². The van der Waals surface area contributed by atoms with Gasteiger partial charge in [-0.25, -0.2) is 13.6 Å². The van der Waals surface area contributed by atoms with Crippen LogP contribution in [-0.2, 0) is 16.1 Å². The molecule has 0 bridgehead atoms. The van der Waals surface area contributed by atoms with Crippen molar-refractivity contribution in [1.82, 2.24) is 15.5 Å². The molecule has 1 saturated heterocycles. The summed E-state index contributed by atoms with van der Waals surface area (Å²) in [5.41, 5.74) is 0.462. The average Bonchev–Trinajstić information content (AvgIpc) is 3.00. The molecule has 1 aliphatic rings. The van der Waals surface area contributed by atoms with Crippen LogP contribution in [0.1, 0.15) is 39.2 Å². The number of likely N-dealkylation sites (tertiary alicyclic amines) is 1. The van der Waals surface area contributed by atoms with Crippen molar-refractivity contribution in [1.29, 1.82) is 0 Å². The number of halogens is 3. The molecule has 0 saturated carbocycles. The highest BCUT2D eigenvalue weighted by Crippen LogP contribution is 2.23. The number of ether oxygens (including phenoxy) is 1. The molecule has 0 radical (unpaired) electrons. The van der Waals surface area contributed by atoms with E-state index in [-0.39, 0.29) is 12.5 Å². The summed E-state index contributed by atoms with van der Waals surface area (Å²) in [6.45, 7) is 6.97. The third-order valence-corrected chi connectivity index (χ3v) is 5.43. The van der Waals surface area contributed by atoms with Crippen LogP contribution < -0.4 is 10.6 Å². The first kappa shape index (κ1) is 24.5. The van der Waals surface area contributed by atoms with Crippen LogP contribution >= 0.6 is 15.9 Å². The van der Waals surface area contributed by atoms with E-state index >= 15 is 0 Å². The molecular weight excluding hydrogens is 460 g/mol. The highest BCUT2D eigenvalue weighted by atomic mass is 79.9. The third-order valence-electron chi connectivity index (χ3n) is 4.61. The van der Waals surface area contributed by atoms with Gasteiger partial charge in [0.25, 0.3) is 5.92 Å². The summed E-state index contributed by atoms with van der Waals surface area (Å²) < 4.78 is 32.2. The van der Waals surface area contributed by atoms with Gasteiger partial charge in [0.05, 0.1) is 17.4 Å². The molecule has 6 nitrogen and oxygen atoms in total. The second-order valence-electron chi connectivity index (χ2n) is 8.60. The van der Waals surface area contributed by atoms with Gasteiger partial charge >= 0.3 is 6.09 Å². The van der Waals surface area contributed by atoms with E-state index in [9.17, 15) is 18.4 Å². The minimum atomic E-state index is -2.93. The predicted molar refractivity (Wildman–Crippen MR) is 115 cm³/mol. The molecule has 1 aliphatic heterocycles. The molecule has 2 rings (SSSR count). The van der Waals surface area contributed by atoms with Gasteiger partial charge in [-0.1, -0.05) is 46.3 Å². The van der Waals surface area contributed by atoms with Gasteiger partial charge in [0.2, 0.25) is 5.91 Å². The number of rotatable bonds is 8. The summed E-state index contributed by atoms with van der Waals surface area (Å²) in [5, 5.41) is 5.15. The fourth-order valence-corrected chi connectivity index (χ4v) is 3.53. The van der Waals surface area contributed by atoms with E-state index in [4.69, 9.17) is 4.74 Å². The number of benzene rings is 1. The van der Waals surface area contributed by atoms with Crippen molar-refractivity contribution in [2.45, 2.75) is 63.8 Å². The Labute approximate surface area is 184 Å². The number of amides is 2. The molecule has 1 aromatic carbocycles. The molecule has 1 heterocycles. The fourth-order valence-electron chi connectivity index (χ4n) is 3.25. The molecule has 1 aromatic rings. The first-order valence-electron chi connectivity index (χ1n) is 9.96. The lowest BCUT2D eigenvalue weighted by molar-refractivity contribution is -0.123. The predicted octanol–water partition coefficient (Wildman–Crippen LogP) is 3.69. The molecule has 30 heavy (non-hydrogen) atoms. The molecule has 2 atom stereocenters. The molecule has 9 heteroatoms. The van der Waals surface area contributed by atoms with Crippen molar-refractivity contribution in [3.63, 3.8) is 0 Å². The van der Waals surface area contributed by atoms with E-state index < -0.39 is 41.3 Å². The van der Waals surface area contributed by atoms with Crippen molar-refractivity contribution >= 4 is 27.9 Å². The summed E-state index contributed by atoms with van der Waals surface area (Å²) in [7, 11) is 0. The zero-order valence-corrected chi connectivity index (χ0v) is 19.2. The van der Waals surface area contributed by atoms with Gasteiger partial charge in [0.15, 0.2) is 0 Å². The van der Waals surface area contributed by atoms with Gasteiger partial charge in [-0.05, 0) is 26.3 Å². The number of nitrogens with one attached hydrogen (secondary N) is 2. The molecule has 2 N–H and O–H groups in total. The quantitative estimate of drug-likeness (QED) is 0.546. The zero-order chi connectivity index (χ0) is 22.4. The molecule has 0 unspecified atom stereocenters. The van der Waals surface area contributed by atoms with Crippen LogP contribution in [0.3, 0.4) is 0 Å². The minimum Gasteiger partial charge on any atom is -0.444 e. The third kappa shape index (κ3) is 8.55. The summed E-state index contributed by atoms with van der Waals surface area (Å²) in [4.78, 5) is 26.6. The van der Waals surface area contributed by atoms with E-state index in [1.54, 1.807) is 20.8 Å². The molecule has 1 fully saturated rings. The van der Waals surface area contributed by atoms with E-state index in [0.717, 1.165) is 5.56 Å². The maximum absolute atomic E-state index is 13.4. The second kappa shape index (κ2) is 10.5. The highest BCUT2D eigenvalue weighted by molar-refractivity contribution is 9.09. The topological polar surface area (TPSA) is 70.7 Å². The number of hydrogen-bond acceptors (Lipinski definition) is 4. The lowest BCUT2D eigenvalue weighted by atomic mass is 10.1. The molecular formula is C21H30BrF2N3O3. The maximum Gasteiger partial charge on any atom is 0.407 e. The zero-order valence-electron chi connectivity index (χ0n) is 17.6. The van der Waals surface area contributed by atoms with Crippen LogP contribution in [0, 0.1) is 0 Å². The number of hydrogen-bond donors (Lipinski definition) is 2. The van der Waals surface area contributed by atoms with E-state index in [0.29, 0.717) is 19.6 Å². The summed E-state index contributed by atoms with van der Waals surface area (Å²) in [6, 6.07) is 9.06. The van der Waals surface area contributed by atoms with E-state index in [1.807, 2.05) is 30.3 Å². The Balaban J connectivity index is 2.00. The van der Waals surface area contributed by atoms with E-state index in [1.165, 1.54) is 0 Å². The SMILES string of the molecule is CC(C)(C)OC(=O)N[C@H]1CN(Cc2ccccc2)C[C@H]1NC(=O)CCC(F)(F)CBr. The van der Waals surface area contributed by atoms with Crippen LogP contribution in [0.2, 0.25) is 0 Å². The van der Waals surface area contributed by atoms with Crippen molar-refractivity contribution in [3.05, 3.63) is 35.9 Å². The van der Waals surface area contributed by atoms with Crippen LogP contribution in [0.5, 0.6) is 0 Å². The van der Waals surface area contributed by atoms with Gasteiger partial charge in [0, 0.05) is 32.5 Å². The first-order chi connectivity index (χ1) is 14.0. The Kier molecular flexibility index (Phi) is 8.61. The lowest BCUT2D eigenvalue weighted by Gasteiger charge is -2.25. The number of alkyl halides is 3. The van der Waals surface area contributed by atoms with Crippen LogP contribution in [0.25, 0.3) is 0 Å². The van der Waals surface area contributed by atoms with Crippen molar-refractivity contribution in [2.75, 3.05) is 18.4 Å². The van der Waals surface area contributed by atoms with Gasteiger partial charge in [-0.3, -0.25) is 9.69 Å². The highest BCUT2D eigenvalue weighted by Gasteiger charge is 2.36. The Morgan fingerprint density at radius 2 is 1.73 bits per heavy atom. The summed E-state index contributed by atoms with van der Waals surface area (Å²) in [5.74, 6) is -3.39. The largest absolute Gasteiger partial charge is 0.444 e. The maximum atomic E-state index is 13.4. The monoisotopic (exact) mass is 489 g/mol. The Hall–Kier alpha value is -1.74. The fraction of sp³-hybridized carbons (Fsp3) is 0.619. The number of carbonyl (C=O) groups is 2. The van der Waals surface area contributed by atoms with Gasteiger partial charge in [-0.2, -0.15) is 0 Å². The standard InChI is InChI=1S/C21H30BrF2N3O3/c1-20(2,3)30-19(29)26-17-13-27(11-15-7-5-4-6-8-15)12-16(17)25-18(28)9-10-21(23,24)14-22/h4-8,16-17H,9-14H2,1-3H3,(H,25,28)(H,26,29)/t16-,17+/m1/s1. The smallest absolute Gasteiger partial charge is 0.407 e. The lowest BCUT2D eigenvalue weighted by Crippen LogP contribution is -2.52. The summed E-state index contributed by atoms with van der Waals surface area (Å²) >= 11 is 2.76. The molecule has 0 aliphatic carbocycles. The van der Waals surface area contributed by atoms with Crippen LogP contribution in [0.15, 0.2) is 30.3 Å². The van der Waals surface area contributed by atoms with Crippen LogP contribution in [0.4, 0.5) is 13.6 Å². The Morgan fingerprint density at radius 3 is 2.30 bits per heavy atom. The Morgan fingerprint density at radius 1 is 1.13 bits per heavy atom. The molecule has 0 spiro atoms. The molecule has 168 valence electrons. The van der Waals surface area contributed by atoms with Crippen LogP contribution in [-0.4, -0.2) is 58.9 Å². The number of carbonyl (C=O) groups excluding carboxylic acids is 2. The van der Waals surface area contributed by atoms with Crippen molar-refractivity contribution in [3.8, 4) is 0 Å².